The van der Waals surface area contributed by atoms with Crippen molar-refractivity contribution in [3.63, 3.8) is 0 Å². The molecule has 0 aliphatic heterocycles. The third kappa shape index (κ3) is 3.28. The van der Waals surface area contributed by atoms with Crippen LogP contribution in [0.15, 0.2) is 53.4 Å². The predicted octanol–water partition coefficient (Wildman–Crippen LogP) is 3.92. The molecule has 4 heteroatoms. The fourth-order valence-electron chi connectivity index (χ4n) is 1.51. The molecule has 18 heavy (non-hydrogen) atoms. The van der Waals surface area contributed by atoms with Gasteiger partial charge in [-0.25, -0.2) is 0 Å². The van der Waals surface area contributed by atoms with Gasteiger partial charge in [0.2, 0.25) is 0 Å². The SMILES string of the molecule is N=C(N)c1ccc(SCc2ccccc2Cl)cc1. The second kappa shape index (κ2) is 5.94. The highest BCUT2D eigenvalue weighted by molar-refractivity contribution is 7.98. The van der Waals surface area contributed by atoms with Crippen molar-refractivity contribution in [3.8, 4) is 0 Å². The normalized spacial score (nSPS) is 10.3. The standard InChI is InChI=1S/C14H13ClN2S/c15-13-4-2-1-3-11(13)9-18-12-7-5-10(6-8-12)14(16)17/h1-8H,9H2,(H3,16,17). The van der Waals surface area contributed by atoms with Crippen molar-refractivity contribution in [2.45, 2.75) is 10.6 Å². The molecule has 0 aliphatic carbocycles. The maximum Gasteiger partial charge on any atom is 0.122 e. The fraction of sp³-hybridized carbons (Fsp3) is 0.0714. The van der Waals surface area contributed by atoms with E-state index in [9.17, 15) is 0 Å². The minimum Gasteiger partial charge on any atom is -0.384 e. The summed E-state index contributed by atoms with van der Waals surface area (Å²) in [5.41, 5.74) is 7.28. The number of thioether (sulfide) groups is 1. The average molecular weight is 277 g/mol. The van der Waals surface area contributed by atoms with E-state index in [2.05, 4.69) is 0 Å². The molecule has 2 nitrogen and oxygen atoms in total. The van der Waals surface area contributed by atoms with E-state index in [1.807, 2.05) is 48.5 Å². The van der Waals surface area contributed by atoms with Gasteiger partial charge in [-0.3, -0.25) is 5.41 Å². The summed E-state index contributed by atoms with van der Waals surface area (Å²) in [7, 11) is 0. The molecule has 0 saturated heterocycles. The molecular weight excluding hydrogens is 264 g/mol. The van der Waals surface area contributed by atoms with Gasteiger partial charge in [0, 0.05) is 21.2 Å². The van der Waals surface area contributed by atoms with Crippen LogP contribution < -0.4 is 5.73 Å². The van der Waals surface area contributed by atoms with Crippen molar-refractivity contribution in [1.29, 1.82) is 5.41 Å². The maximum absolute atomic E-state index is 7.32. The number of hydrogen-bond acceptors (Lipinski definition) is 2. The second-order valence-corrected chi connectivity index (χ2v) is 5.27. The third-order valence-electron chi connectivity index (χ3n) is 2.52. The smallest absolute Gasteiger partial charge is 0.122 e. The van der Waals surface area contributed by atoms with Crippen LogP contribution in [-0.2, 0) is 5.75 Å². The Morgan fingerprint density at radius 1 is 1.11 bits per heavy atom. The van der Waals surface area contributed by atoms with Crippen LogP contribution in [-0.4, -0.2) is 5.84 Å². The molecule has 2 aromatic carbocycles. The average Bonchev–Trinajstić information content (AvgIpc) is 2.38. The largest absolute Gasteiger partial charge is 0.384 e. The van der Waals surface area contributed by atoms with E-state index < -0.39 is 0 Å². The van der Waals surface area contributed by atoms with Crippen LogP contribution in [0, 0.1) is 5.41 Å². The molecule has 0 amide bonds. The van der Waals surface area contributed by atoms with Gasteiger partial charge in [0.1, 0.15) is 5.84 Å². The van der Waals surface area contributed by atoms with Gasteiger partial charge in [-0.05, 0) is 23.8 Å². The Morgan fingerprint density at radius 3 is 2.39 bits per heavy atom. The van der Waals surface area contributed by atoms with Gasteiger partial charge < -0.3 is 5.73 Å². The van der Waals surface area contributed by atoms with Crippen molar-refractivity contribution in [2.75, 3.05) is 0 Å². The molecular formula is C14H13ClN2S. The molecule has 2 aromatic rings. The minimum absolute atomic E-state index is 0.0950. The van der Waals surface area contributed by atoms with Gasteiger partial charge in [0.05, 0.1) is 0 Å². The molecule has 0 radical (unpaired) electrons. The van der Waals surface area contributed by atoms with Gasteiger partial charge in [-0.2, -0.15) is 0 Å². The van der Waals surface area contributed by atoms with Gasteiger partial charge in [0.25, 0.3) is 0 Å². The van der Waals surface area contributed by atoms with Crippen molar-refractivity contribution in [2.24, 2.45) is 5.73 Å². The van der Waals surface area contributed by atoms with E-state index in [0.29, 0.717) is 0 Å². The zero-order valence-corrected chi connectivity index (χ0v) is 11.3. The van der Waals surface area contributed by atoms with Crippen molar-refractivity contribution in [3.05, 3.63) is 64.7 Å². The number of nitrogens with two attached hydrogens (primary N) is 1. The molecule has 0 aliphatic rings. The topological polar surface area (TPSA) is 49.9 Å². The molecule has 0 spiro atoms. The molecule has 0 bridgehead atoms. The molecule has 3 N–H and O–H groups in total. The Kier molecular flexibility index (Phi) is 4.28. The summed E-state index contributed by atoms with van der Waals surface area (Å²) in [6, 6.07) is 15.5. The monoisotopic (exact) mass is 276 g/mol. The number of nitrogen functional groups attached to an aromatic ring is 1. The van der Waals surface area contributed by atoms with Gasteiger partial charge in [-0.1, -0.05) is 41.9 Å². The quantitative estimate of drug-likeness (QED) is 0.505. The zero-order chi connectivity index (χ0) is 13.0. The summed E-state index contributed by atoms with van der Waals surface area (Å²) >= 11 is 7.81. The van der Waals surface area contributed by atoms with Gasteiger partial charge in [-0.15, -0.1) is 11.8 Å². The van der Waals surface area contributed by atoms with Crippen LogP contribution >= 0.6 is 23.4 Å². The van der Waals surface area contributed by atoms with Crippen LogP contribution in [0.4, 0.5) is 0 Å². The van der Waals surface area contributed by atoms with Gasteiger partial charge >= 0.3 is 0 Å². The first-order valence-electron chi connectivity index (χ1n) is 5.47. The number of halogens is 1. The van der Waals surface area contributed by atoms with E-state index in [-0.39, 0.29) is 5.84 Å². The lowest BCUT2D eigenvalue weighted by Gasteiger charge is -2.05. The number of amidine groups is 1. The van der Waals surface area contributed by atoms with E-state index in [4.69, 9.17) is 22.7 Å². The molecule has 0 saturated carbocycles. The highest BCUT2D eigenvalue weighted by Gasteiger charge is 2.01. The number of hydrogen-bond donors (Lipinski definition) is 2. The summed E-state index contributed by atoms with van der Waals surface area (Å²) in [5, 5.41) is 8.12. The Labute approximate surface area is 116 Å². The maximum atomic E-state index is 7.32. The Morgan fingerprint density at radius 2 is 1.78 bits per heavy atom. The minimum atomic E-state index is 0.0950. The highest BCUT2D eigenvalue weighted by atomic mass is 35.5. The molecule has 0 heterocycles. The summed E-state index contributed by atoms with van der Waals surface area (Å²) in [4.78, 5) is 1.14. The lowest BCUT2D eigenvalue weighted by atomic mass is 10.2. The van der Waals surface area contributed by atoms with Crippen LogP contribution in [0.5, 0.6) is 0 Å². The van der Waals surface area contributed by atoms with Crippen molar-refractivity contribution in [1.82, 2.24) is 0 Å². The second-order valence-electron chi connectivity index (χ2n) is 3.82. The molecule has 0 atom stereocenters. The van der Waals surface area contributed by atoms with Crippen LogP contribution in [0.1, 0.15) is 11.1 Å². The number of benzene rings is 2. The summed E-state index contributed by atoms with van der Waals surface area (Å²) in [5.74, 6) is 0.927. The van der Waals surface area contributed by atoms with E-state index in [0.717, 1.165) is 26.8 Å². The van der Waals surface area contributed by atoms with Crippen molar-refractivity contribution < 1.29 is 0 Å². The predicted molar refractivity (Wildman–Crippen MR) is 78.5 cm³/mol. The van der Waals surface area contributed by atoms with Crippen LogP contribution in [0.3, 0.4) is 0 Å². The van der Waals surface area contributed by atoms with Crippen LogP contribution in [0.2, 0.25) is 5.02 Å². The first-order valence-corrected chi connectivity index (χ1v) is 6.84. The Balaban J connectivity index is 2.02. The fourth-order valence-corrected chi connectivity index (χ4v) is 2.69. The van der Waals surface area contributed by atoms with E-state index >= 15 is 0 Å². The number of nitrogens with one attached hydrogen (secondary N) is 1. The molecule has 2 rings (SSSR count). The summed E-state index contributed by atoms with van der Waals surface area (Å²) in [6.07, 6.45) is 0. The van der Waals surface area contributed by atoms with Crippen LogP contribution in [0.25, 0.3) is 0 Å². The number of rotatable bonds is 4. The summed E-state index contributed by atoms with van der Waals surface area (Å²) < 4.78 is 0. The first-order chi connectivity index (χ1) is 8.66. The first kappa shape index (κ1) is 13.0. The lowest BCUT2D eigenvalue weighted by molar-refractivity contribution is 1.36. The highest BCUT2D eigenvalue weighted by Crippen LogP contribution is 2.26. The Bertz CT molecular complexity index is 552. The van der Waals surface area contributed by atoms with Gasteiger partial charge in [0.15, 0.2) is 0 Å². The van der Waals surface area contributed by atoms with Crippen molar-refractivity contribution >= 4 is 29.2 Å². The van der Waals surface area contributed by atoms with E-state index in [1.165, 1.54) is 0 Å². The molecule has 92 valence electrons. The lowest BCUT2D eigenvalue weighted by Crippen LogP contribution is -2.10. The molecule has 0 aromatic heterocycles. The van der Waals surface area contributed by atoms with E-state index in [1.54, 1.807) is 11.8 Å². The third-order valence-corrected chi connectivity index (χ3v) is 3.95. The molecule has 0 fully saturated rings. The Hall–Kier alpha value is -1.45. The zero-order valence-electron chi connectivity index (χ0n) is 9.69. The molecule has 0 unspecified atom stereocenters. The summed E-state index contributed by atoms with van der Waals surface area (Å²) in [6.45, 7) is 0.